The SMILES string of the molecule is Cc1ccc(NC(=O)c2c(-n3c(C)cc(/C=N\NC(=O)c4ccc(-n5c(-c6ccccc6)ccc5-c5ccccc5)cc4)c3C)sc3c2CCCC3)cc1. The minimum atomic E-state index is -0.299. The number of rotatable bonds is 9. The van der Waals surface area contributed by atoms with Crippen molar-refractivity contribution in [3.63, 3.8) is 0 Å². The van der Waals surface area contributed by atoms with Gasteiger partial charge in [0.1, 0.15) is 5.00 Å². The van der Waals surface area contributed by atoms with Crippen molar-refractivity contribution >= 4 is 35.1 Å². The van der Waals surface area contributed by atoms with Crippen LogP contribution in [0, 0.1) is 20.8 Å². The van der Waals surface area contributed by atoms with Gasteiger partial charge in [-0.2, -0.15) is 5.10 Å². The molecule has 0 atom stereocenters. The van der Waals surface area contributed by atoms with Gasteiger partial charge in [-0.3, -0.25) is 9.59 Å². The van der Waals surface area contributed by atoms with Crippen LogP contribution in [0.2, 0.25) is 0 Å². The van der Waals surface area contributed by atoms with Crippen molar-refractivity contribution in [2.75, 3.05) is 5.32 Å². The summed E-state index contributed by atoms with van der Waals surface area (Å²) < 4.78 is 4.38. The first-order chi connectivity index (χ1) is 26.4. The number of amides is 2. The molecule has 8 rings (SSSR count). The highest BCUT2D eigenvalue weighted by Gasteiger charge is 2.28. The molecule has 268 valence electrons. The lowest BCUT2D eigenvalue weighted by Gasteiger charge is -2.15. The van der Waals surface area contributed by atoms with Crippen molar-refractivity contribution < 1.29 is 9.59 Å². The lowest BCUT2D eigenvalue weighted by atomic mass is 9.95. The average Bonchev–Trinajstić information content (AvgIpc) is 3.89. The third-order valence-electron chi connectivity index (χ3n) is 10.1. The predicted octanol–water partition coefficient (Wildman–Crippen LogP) is 10.5. The van der Waals surface area contributed by atoms with Gasteiger partial charge in [0.05, 0.1) is 23.2 Å². The molecule has 54 heavy (non-hydrogen) atoms. The maximum absolute atomic E-state index is 13.9. The Morgan fingerprint density at radius 2 is 1.33 bits per heavy atom. The number of aryl methyl sites for hydroxylation is 3. The second kappa shape index (κ2) is 15.0. The average molecular weight is 728 g/mol. The zero-order chi connectivity index (χ0) is 37.2. The Labute approximate surface area is 319 Å². The molecule has 0 bridgehead atoms. The Morgan fingerprint density at radius 1 is 0.704 bits per heavy atom. The number of hydrogen-bond donors (Lipinski definition) is 2. The molecular weight excluding hydrogens is 687 g/mol. The molecule has 7 nitrogen and oxygen atoms in total. The number of carbonyl (C=O) groups is 2. The third-order valence-corrected chi connectivity index (χ3v) is 11.4. The number of thiophene rings is 1. The summed E-state index contributed by atoms with van der Waals surface area (Å²) in [5, 5.41) is 8.45. The maximum atomic E-state index is 13.9. The summed E-state index contributed by atoms with van der Waals surface area (Å²) in [6.45, 7) is 6.11. The molecule has 0 spiro atoms. The van der Waals surface area contributed by atoms with Crippen LogP contribution in [0.5, 0.6) is 0 Å². The molecule has 1 aliphatic carbocycles. The molecule has 1 aliphatic rings. The number of hydrazone groups is 1. The Hall–Kier alpha value is -6.25. The van der Waals surface area contributed by atoms with Crippen LogP contribution in [-0.2, 0) is 12.8 Å². The fourth-order valence-corrected chi connectivity index (χ4v) is 8.87. The van der Waals surface area contributed by atoms with Crippen LogP contribution >= 0.6 is 11.3 Å². The van der Waals surface area contributed by atoms with Gasteiger partial charge in [-0.25, -0.2) is 5.43 Å². The summed E-state index contributed by atoms with van der Waals surface area (Å²) in [5.74, 6) is -0.384. The van der Waals surface area contributed by atoms with E-state index in [4.69, 9.17) is 0 Å². The summed E-state index contributed by atoms with van der Waals surface area (Å²) in [5.41, 5.74) is 15.2. The number of benzene rings is 4. The summed E-state index contributed by atoms with van der Waals surface area (Å²) >= 11 is 1.71. The lowest BCUT2D eigenvalue weighted by molar-refractivity contribution is 0.0954. The van der Waals surface area contributed by atoms with Crippen molar-refractivity contribution in [3.05, 3.63) is 171 Å². The largest absolute Gasteiger partial charge is 0.322 e. The Balaban J connectivity index is 1.03. The van der Waals surface area contributed by atoms with Gasteiger partial charge in [-0.15, -0.1) is 11.3 Å². The summed E-state index contributed by atoms with van der Waals surface area (Å²) in [7, 11) is 0. The lowest BCUT2D eigenvalue weighted by Crippen LogP contribution is -2.18. The second-order valence-electron chi connectivity index (χ2n) is 13.8. The minimum absolute atomic E-state index is 0.0846. The summed E-state index contributed by atoms with van der Waals surface area (Å²) in [4.78, 5) is 28.5. The normalized spacial score (nSPS) is 12.5. The van der Waals surface area contributed by atoms with Gasteiger partial charge in [-0.05, 0) is 118 Å². The molecule has 3 heterocycles. The van der Waals surface area contributed by atoms with Crippen LogP contribution in [0.1, 0.15) is 66.5 Å². The standard InChI is InChI=1S/C46H41N5O2S/c1-30-18-22-37(23-19-30)48-45(53)43-39-16-10-11-17-42(39)54-46(43)50-31(2)28-36(32(50)3)29-47-49-44(52)35-20-24-38(25-21-35)51-40(33-12-6-4-7-13-33)26-27-41(51)34-14-8-5-9-15-34/h4-9,12-15,18-29H,10-11,16-17H2,1-3H3,(H,48,53)(H,49,52)/b47-29-. The number of nitrogens with one attached hydrogen (secondary N) is 2. The first-order valence-corrected chi connectivity index (χ1v) is 19.2. The Kier molecular flexibility index (Phi) is 9.68. The fraction of sp³-hybridized carbons (Fsp3) is 0.152. The second-order valence-corrected chi connectivity index (χ2v) is 14.9. The predicted molar refractivity (Wildman–Crippen MR) is 221 cm³/mol. The van der Waals surface area contributed by atoms with E-state index in [0.717, 1.165) is 98.2 Å². The van der Waals surface area contributed by atoms with E-state index in [9.17, 15) is 9.59 Å². The van der Waals surface area contributed by atoms with Gasteiger partial charge in [0.15, 0.2) is 0 Å². The molecule has 0 saturated carbocycles. The van der Waals surface area contributed by atoms with Crippen molar-refractivity contribution in [1.29, 1.82) is 0 Å². The van der Waals surface area contributed by atoms with Gasteiger partial charge in [0.2, 0.25) is 0 Å². The molecule has 7 aromatic rings. The molecule has 2 N–H and O–H groups in total. The number of carbonyl (C=O) groups excluding carboxylic acids is 2. The number of anilines is 1. The summed E-state index contributed by atoms with van der Waals surface area (Å²) in [6.07, 6.45) is 5.78. The maximum Gasteiger partial charge on any atom is 0.271 e. The number of nitrogens with zero attached hydrogens (tertiary/aromatic N) is 3. The van der Waals surface area contributed by atoms with E-state index in [0.29, 0.717) is 5.56 Å². The Bertz CT molecular complexity index is 2430. The molecule has 0 aliphatic heterocycles. The van der Waals surface area contributed by atoms with E-state index in [1.165, 1.54) is 4.88 Å². The van der Waals surface area contributed by atoms with Crippen LogP contribution in [-0.4, -0.2) is 27.2 Å². The number of fused-ring (bicyclic) bond motifs is 1. The molecule has 2 amide bonds. The molecule has 0 unspecified atom stereocenters. The van der Waals surface area contributed by atoms with Crippen LogP contribution in [0.25, 0.3) is 33.2 Å². The Morgan fingerprint density at radius 3 is 1.98 bits per heavy atom. The van der Waals surface area contributed by atoms with Crippen molar-refractivity contribution in [2.24, 2.45) is 5.10 Å². The van der Waals surface area contributed by atoms with E-state index in [1.807, 2.05) is 112 Å². The number of aromatic nitrogens is 2. The molecule has 0 fully saturated rings. The van der Waals surface area contributed by atoms with Crippen LogP contribution in [0.15, 0.2) is 132 Å². The van der Waals surface area contributed by atoms with Gasteiger partial charge in [-0.1, -0.05) is 78.4 Å². The first-order valence-electron chi connectivity index (χ1n) is 18.3. The van der Waals surface area contributed by atoms with Gasteiger partial charge >= 0.3 is 0 Å². The molecule has 8 heteroatoms. The van der Waals surface area contributed by atoms with Crippen molar-refractivity contribution in [2.45, 2.75) is 46.5 Å². The number of hydrogen-bond acceptors (Lipinski definition) is 4. The topological polar surface area (TPSA) is 80.4 Å². The third kappa shape index (κ3) is 6.84. The van der Waals surface area contributed by atoms with E-state index in [-0.39, 0.29) is 11.8 Å². The van der Waals surface area contributed by atoms with Crippen LogP contribution in [0.4, 0.5) is 5.69 Å². The monoisotopic (exact) mass is 727 g/mol. The first kappa shape index (κ1) is 34.8. The van der Waals surface area contributed by atoms with Crippen LogP contribution in [0.3, 0.4) is 0 Å². The van der Waals surface area contributed by atoms with E-state index < -0.39 is 0 Å². The van der Waals surface area contributed by atoms with Gasteiger partial charge < -0.3 is 14.5 Å². The smallest absolute Gasteiger partial charge is 0.271 e. The summed E-state index contributed by atoms with van der Waals surface area (Å²) in [6, 6.07) is 42.4. The van der Waals surface area contributed by atoms with E-state index in [2.05, 4.69) is 61.4 Å². The quantitative estimate of drug-likeness (QED) is 0.115. The highest BCUT2D eigenvalue weighted by atomic mass is 32.1. The zero-order valence-corrected chi connectivity index (χ0v) is 31.4. The molecular formula is C46H41N5O2S. The highest BCUT2D eigenvalue weighted by molar-refractivity contribution is 7.15. The molecule has 3 aromatic heterocycles. The van der Waals surface area contributed by atoms with Gasteiger partial charge in [0.25, 0.3) is 11.8 Å². The van der Waals surface area contributed by atoms with E-state index >= 15 is 0 Å². The fourth-order valence-electron chi connectivity index (χ4n) is 7.37. The molecule has 4 aromatic carbocycles. The van der Waals surface area contributed by atoms with Crippen molar-refractivity contribution in [3.8, 4) is 33.2 Å². The molecule has 0 saturated heterocycles. The van der Waals surface area contributed by atoms with Crippen LogP contribution < -0.4 is 10.7 Å². The minimum Gasteiger partial charge on any atom is -0.322 e. The van der Waals surface area contributed by atoms with E-state index in [1.54, 1.807) is 17.6 Å². The molecule has 0 radical (unpaired) electrons. The zero-order valence-electron chi connectivity index (χ0n) is 30.6. The van der Waals surface area contributed by atoms with Crippen molar-refractivity contribution in [1.82, 2.24) is 14.6 Å². The van der Waals surface area contributed by atoms with Gasteiger partial charge in [0, 0.05) is 38.8 Å². The highest BCUT2D eigenvalue weighted by Crippen LogP contribution is 2.39.